The second-order valence-electron chi connectivity index (χ2n) is 5.49. The van der Waals surface area contributed by atoms with Crippen LogP contribution >= 0.6 is 10.7 Å². The van der Waals surface area contributed by atoms with Crippen LogP contribution in [0.5, 0.6) is 0 Å². The topological polar surface area (TPSA) is 54.5 Å². The fourth-order valence-corrected chi connectivity index (χ4v) is 4.26. The van der Waals surface area contributed by atoms with Crippen LogP contribution in [0.2, 0.25) is 0 Å². The number of rotatable bonds is 2. The van der Waals surface area contributed by atoms with Crippen molar-refractivity contribution in [2.24, 2.45) is 5.92 Å². The van der Waals surface area contributed by atoms with E-state index in [1.165, 1.54) is 4.90 Å². The van der Waals surface area contributed by atoms with Gasteiger partial charge in [0.25, 0.3) is 15.0 Å². The van der Waals surface area contributed by atoms with E-state index in [4.69, 9.17) is 10.7 Å². The molecule has 1 aromatic rings. The third-order valence-electron chi connectivity index (χ3n) is 4.19. The third kappa shape index (κ3) is 2.53. The van der Waals surface area contributed by atoms with Crippen LogP contribution in [0.4, 0.5) is 8.78 Å². The van der Waals surface area contributed by atoms with Crippen molar-refractivity contribution < 1.29 is 22.0 Å². The van der Waals surface area contributed by atoms with Crippen LogP contribution in [0.1, 0.15) is 29.6 Å². The molecule has 1 heterocycles. The highest BCUT2D eigenvalue weighted by atomic mass is 35.7. The van der Waals surface area contributed by atoms with E-state index in [2.05, 4.69) is 0 Å². The fourth-order valence-electron chi connectivity index (χ4n) is 3.23. The quantitative estimate of drug-likeness (QED) is 0.780. The van der Waals surface area contributed by atoms with Crippen LogP contribution < -0.4 is 0 Å². The maximum absolute atomic E-state index is 13.4. The molecular weight excluding hydrogens is 324 g/mol. The molecule has 1 amide bonds. The Hall–Kier alpha value is -1.21. The fraction of sp³-hybridized carbons (Fsp3) is 0.462. The van der Waals surface area contributed by atoms with Gasteiger partial charge in [0.15, 0.2) is 11.6 Å². The maximum atomic E-state index is 13.4. The van der Waals surface area contributed by atoms with E-state index in [1.807, 2.05) is 0 Å². The van der Waals surface area contributed by atoms with Gasteiger partial charge in [-0.05, 0) is 37.3 Å². The minimum absolute atomic E-state index is 0.0430. The molecule has 1 saturated carbocycles. The monoisotopic (exact) mass is 335 g/mol. The van der Waals surface area contributed by atoms with Gasteiger partial charge in [-0.3, -0.25) is 4.79 Å². The molecular formula is C13H12ClF2NO3S. The van der Waals surface area contributed by atoms with Crippen LogP contribution in [0.15, 0.2) is 17.0 Å². The zero-order valence-corrected chi connectivity index (χ0v) is 12.4. The SMILES string of the molecule is O=C(c1cc(F)c(F)cc1S(=O)(=O)Cl)N1CC2CCC1C2. The van der Waals surface area contributed by atoms with Gasteiger partial charge in [0.05, 0.1) is 10.5 Å². The molecule has 1 aliphatic carbocycles. The number of halogens is 3. The number of nitrogens with zero attached hydrogens (tertiary/aromatic N) is 1. The molecule has 21 heavy (non-hydrogen) atoms. The molecule has 0 radical (unpaired) electrons. The Bertz CT molecular complexity index is 722. The van der Waals surface area contributed by atoms with Gasteiger partial charge in [-0.1, -0.05) is 0 Å². The minimum Gasteiger partial charge on any atom is -0.335 e. The molecule has 0 spiro atoms. The number of piperidine rings is 1. The first-order chi connectivity index (χ1) is 9.77. The Morgan fingerprint density at radius 2 is 1.90 bits per heavy atom. The molecule has 1 aromatic carbocycles. The van der Waals surface area contributed by atoms with E-state index in [9.17, 15) is 22.0 Å². The van der Waals surface area contributed by atoms with Gasteiger partial charge in [0, 0.05) is 23.3 Å². The lowest BCUT2D eigenvalue weighted by Crippen LogP contribution is -2.38. The van der Waals surface area contributed by atoms with Gasteiger partial charge in [-0.15, -0.1) is 0 Å². The first-order valence-corrected chi connectivity index (χ1v) is 8.83. The van der Waals surface area contributed by atoms with Gasteiger partial charge in [0.2, 0.25) is 0 Å². The number of fused-ring (bicyclic) bond motifs is 2. The van der Waals surface area contributed by atoms with Crippen molar-refractivity contribution in [3.63, 3.8) is 0 Å². The van der Waals surface area contributed by atoms with Gasteiger partial charge < -0.3 is 4.90 Å². The van der Waals surface area contributed by atoms with E-state index < -0.39 is 37.1 Å². The molecule has 2 unspecified atom stereocenters. The number of carbonyl (C=O) groups excluding carboxylic acids is 1. The number of benzene rings is 1. The summed E-state index contributed by atoms with van der Waals surface area (Å²) in [5.74, 6) is -2.83. The van der Waals surface area contributed by atoms with Crippen LogP contribution in [-0.2, 0) is 9.05 Å². The Balaban J connectivity index is 2.05. The molecule has 2 bridgehead atoms. The van der Waals surface area contributed by atoms with Crippen LogP contribution in [0.3, 0.4) is 0 Å². The highest BCUT2D eigenvalue weighted by Crippen LogP contribution is 2.38. The largest absolute Gasteiger partial charge is 0.335 e. The summed E-state index contributed by atoms with van der Waals surface area (Å²) >= 11 is 0. The average molecular weight is 336 g/mol. The Labute approximate surface area is 125 Å². The number of hydrogen-bond acceptors (Lipinski definition) is 3. The van der Waals surface area contributed by atoms with Crippen LogP contribution in [0.25, 0.3) is 0 Å². The van der Waals surface area contributed by atoms with E-state index in [-0.39, 0.29) is 6.04 Å². The Morgan fingerprint density at radius 1 is 1.24 bits per heavy atom. The third-order valence-corrected chi connectivity index (χ3v) is 5.55. The zero-order valence-electron chi connectivity index (χ0n) is 10.9. The van der Waals surface area contributed by atoms with Crippen molar-refractivity contribution >= 4 is 25.6 Å². The molecule has 0 N–H and O–H groups in total. The number of carbonyl (C=O) groups is 1. The van der Waals surface area contributed by atoms with E-state index in [1.54, 1.807) is 0 Å². The van der Waals surface area contributed by atoms with Crippen molar-refractivity contribution in [3.05, 3.63) is 29.3 Å². The lowest BCUT2D eigenvalue weighted by molar-refractivity contribution is 0.0699. The van der Waals surface area contributed by atoms with E-state index in [0.29, 0.717) is 24.6 Å². The smallest absolute Gasteiger partial charge is 0.262 e. The van der Waals surface area contributed by atoms with Crippen molar-refractivity contribution in [1.29, 1.82) is 0 Å². The van der Waals surface area contributed by atoms with Gasteiger partial charge in [0.1, 0.15) is 0 Å². The van der Waals surface area contributed by atoms with E-state index >= 15 is 0 Å². The standard InChI is InChI=1S/C13H12ClF2NO3S/c14-21(19,20)12-5-11(16)10(15)4-9(12)13(18)17-6-7-1-2-8(17)3-7/h4-5,7-8H,1-3,6H2. The highest BCUT2D eigenvalue weighted by Gasteiger charge is 2.41. The summed E-state index contributed by atoms with van der Waals surface area (Å²) in [6.07, 6.45) is 2.76. The Morgan fingerprint density at radius 3 is 2.43 bits per heavy atom. The number of hydrogen-bond donors (Lipinski definition) is 0. The van der Waals surface area contributed by atoms with Crippen molar-refractivity contribution in [2.75, 3.05) is 6.54 Å². The lowest BCUT2D eigenvalue weighted by atomic mass is 10.1. The predicted octanol–water partition coefficient (Wildman–Crippen LogP) is 2.52. The predicted molar refractivity (Wildman–Crippen MR) is 71.6 cm³/mol. The number of likely N-dealkylation sites (tertiary alicyclic amines) is 1. The summed E-state index contributed by atoms with van der Waals surface area (Å²) in [6.45, 7) is 0.518. The molecule has 8 heteroatoms. The van der Waals surface area contributed by atoms with Gasteiger partial charge in [-0.25, -0.2) is 17.2 Å². The molecule has 1 saturated heterocycles. The second-order valence-corrected chi connectivity index (χ2v) is 8.03. The molecule has 2 fully saturated rings. The van der Waals surface area contributed by atoms with Crippen LogP contribution in [-0.4, -0.2) is 31.8 Å². The normalized spacial score (nSPS) is 24.6. The van der Waals surface area contributed by atoms with Crippen molar-refractivity contribution in [1.82, 2.24) is 4.90 Å². The van der Waals surface area contributed by atoms with Crippen molar-refractivity contribution in [2.45, 2.75) is 30.2 Å². The van der Waals surface area contributed by atoms with Crippen molar-refractivity contribution in [3.8, 4) is 0 Å². The summed E-state index contributed by atoms with van der Waals surface area (Å²) in [6, 6.07) is 1.11. The highest BCUT2D eigenvalue weighted by molar-refractivity contribution is 8.13. The first-order valence-electron chi connectivity index (χ1n) is 6.52. The van der Waals surface area contributed by atoms with Crippen LogP contribution in [0, 0.1) is 17.6 Å². The second kappa shape index (κ2) is 4.91. The molecule has 1 aliphatic heterocycles. The molecule has 2 atom stereocenters. The molecule has 2 aliphatic rings. The lowest BCUT2D eigenvalue weighted by Gasteiger charge is -2.27. The van der Waals surface area contributed by atoms with E-state index in [0.717, 1.165) is 19.3 Å². The molecule has 4 nitrogen and oxygen atoms in total. The van der Waals surface area contributed by atoms with Gasteiger partial charge in [-0.2, -0.15) is 0 Å². The summed E-state index contributed by atoms with van der Waals surface area (Å²) < 4.78 is 49.7. The van der Waals surface area contributed by atoms with Gasteiger partial charge >= 0.3 is 0 Å². The summed E-state index contributed by atoms with van der Waals surface area (Å²) in [5.41, 5.74) is -0.406. The molecule has 114 valence electrons. The summed E-state index contributed by atoms with van der Waals surface area (Å²) in [7, 11) is 0.888. The molecule has 3 rings (SSSR count). The average Bonchev–Trinajstić information content (AvgIpc) is 3.01. The number of amides is 1. The first kappa shape index (κ1) is 14.7. The zero-order chi connectivity index (χ0) is 15.4. The summed E-state index contributed by atoms with van der Waals surface area (Å²) in [4.78, 5) is 13.3. The maximum Gasteiger partial charge on any atom is 0.262 e. The molecule has 0 aromatic heterocycles. The Kier molecular flexibility index (Phi) is 3.44. The minimum atomic E-state index is -4.34. The summed E-state index contributed by atoms with van der Waals surface area (Å²) in [5, 5.41) is 0.